The monoisotopic (exact) mass is 516 g/mol. The molecule has 0 bridgehead atoms. The number of H-pyrrole nitrogens is 2. The average Bonchev–Trinajstić information content (AvgIpc) is 3.61. The molecule has 5 N–H and O–H groups in total. The van der Waals surface area contributed by atoms with Gasteiger partial charge < -0.3 is 25.3 Å². The molecule has 0 radical (unpaired) electrons. The van der Waals surface area contributed by atoms with Crippen LogP contribution in [0, 0.1) is 0 Å². The van der Waals surface area contributed by atoms with Crippen molar-refractivity contribution >= 4 is 44.9 Å². The number of rotatable bonds is 11. The minimum Gasteiger partial charge on any atom is -0.506 e. The number of aromatic hydroxyl groups is 1. The molecule has 7 nitrogen and oxygen atoms in total. The van der Waals surface area contributed by atoms with Crippen molar-refractivity contribution in [1.29, 1.82) is 0 Å². The van der Waals surface area contributed by atoms with Crippen LogP contribution in [-0.2, 0) is 6.42 Å². The van der Waals surface area contributed by atoms with Crippen LogP contribution in [0.5, 0.6) is 5.75 Å². The molecule has 0 spiro atoms. The molecule has 0 atom stereocenters. The quantitative estimate of drug-likeness (QED) is 0.101. The van der Waals surface area contributed by atoms with Crippen molar-refractivity contribution in [1.82, 2.24) is 9.97 Å². The van der Waals surface area contributed by atoms with E-state index in [1.807, 2.05) is 42.5 Å². The fraction of sp³-hybridized carbons (Fsp3) is 0.241. The highest BCUT2D eigenvalue weighted by molar-refractivity contribution is 7.17. The number of unbranched alkanes of at least 4 members (excludes halogenated alkanes) is 4. The number of carboxylic acid groups (broad SMARTS) is 1. The normalized spacial score (nSPS) is 11.5. The SMILES string of the molecule is O=C(O)c1sc(C(=O)c2c[nH]c3c(CCCCCCCO)cccc23)c(O)c1-c1c[nH]c2ccccc12. The molecule has 5 aromatic rings. The summed E-state index contributed by atoms with van der Waals surface area (Å²) >= 11 is 0.799. The van der Waals surface area contributed by atoms with Crippen LogP contribution < -0.4 is 0 Å². The number of hydrogen-bond acceptors (Lipinski definition) is 5. The maximum atomic E-state index is 13.6. The molecule has 8 heteroatoms. The summed E-state index contributed by atoms with van der Waals surface area (Å²) in [5, 5.41) is 31.5. The highest BCUT2D eigenvalue weighted by Gasteiger charge is 2.30. The molecule has 0 aliphatic rings. The van der Waals surface area contributed by atoms with Gasteiger partial charge in [-0.05, 0) is 30.9 Å². The van der Waals surface area contributed by atoms with E-state index in [2.05, 4.69) is 9.97 Å². The van der Waals surface area contributed by atoms with Gasteiger partial charge in [-0.15, -0.1) is 11.3 Å². The molecule has 0 saturated heterocycles. The summed E-state index contributed by atoms with van der Waals surface area (Å²) in [5.74, 6) is -1.92. The number of aromatic amines is 2. The van der Waals surface area contributed by atoms with Gasteiger partial charge in [0.05, 0.1) is 5.56 Å². The van der Waals surface area contributed by atoms with Crippen LogP contribution in [0.1, 0.15) is 62.6 Å². The summed E-state index contributed by atoms with van der Waals surface area (Å²) in [6.07, 6.45) is 9.17. The zero-order valence-corrected chi connectivity index (χ0v) is 21.0. The van der Waals surface area contributed by atoms with E-state index >= 15 is 0 Å². The fourth-order valence-corrected chi connectivity index (χ4v) is 5.95. The van der Waals surface area contributed by atoms with E-state index < -0.39 is 11.8 Å². The maximum absolute atomic E-state index is 13.6. The third-order valence-corrected chi connectivity index (χ3v) is 7.96. The number of hydrogen-bond donors (Lipinski definition) is 5. The smallest absolute Gasteiger partial charge is 0.346 e. The summed E-state index contributed by atoms with van der Waals surface area (Å²) in [6.45, 7) is 0.232. The molecule has 190 valence electrons. The maximum Gasteiger partial charge on any atom is 0.346 e. The van der Waals surface area contributed by atoms with Crippen molar-refractivity contribution in [3.05, 3.63) is 75.7 Å². The highest BCUT2D eigenvalue weighted by Crippen LogP contribution is 2.45. The van der Waals surface area contributed by atoms with Gasteiger partial charge in [0.15, 0.2) is 0 Å². The van der Waals surface area contributed by atoms with Gasteiger partial charge >= 0.3 is 5.97 Å². The fourth-order valence-electron chi connectivity index (χ4n) is 4.95. The van der Waals surface area contributed by atoms with Gasteiger partial charge in [-0.3, -0.25) is 4.79 Å². The predicted molar refractivity (Wildman–Crippen MR) is 146 cm³/mol. The number of ketones is 1. The first-order valence-electron chi connectivity index (χ1n) is 12.4. The van der Waals surface area contributed by atoms with E-state index in [1.165, 1.54) is 0 Å². The lowest BCUT2D eigenvalue weighted by Crippen LogP contribution is -1.98. The van der Waals surface area contributed by atoms with E-state index in [4.69, 9.17) is 5.11 Å². The van der Waals surface area contributed by atoms with Gasteiger partial charge in [0, 0.05) is 51.9 Å². The highest BCUT2D eigenvalue weighted by atomic mass is 32.1. The van der Waals surface area contributed by atoms with Gasteiger partial charge in [0.2, 0.25) is 5.78 Å². The Morgan fingerprint density at radius 2 is 1.59 bits per heavy atom. The van der Waals surface area contributed by atoms with Gasteiger partial charge in [-0.25, -0.2) is 4.79 Å². The third kappa shape index (κ3) is 4.65. The molecule has 3 aromatic heterocycles. The molecular weight excluding hydrogens is 488 g/mol. The van der Waals surface area contributed by atoms with Gasteiger partial charge in [0.25, 0.3) is 0 Å². The second kappa shape index (κ2) is 10.6. The lowest BCUT2D eigenvalue weighted by Gasteiger charge is -2.05. The van der Waals surface area contributed by atoms with Crippen molar-refractivity contribution in [3.63, 3.8) is 0 Å². The third-order valence-electron chi connectivity index (χ3n) is 6.79. The minimum atomic E-state index is -1.19. The molecule has 0 aliphatic carbocycles. The number of carboxylic acids is 1. The van der Waals surface area contributed by atoms with Gasteiger partial charge in [-0.2, -0.15) is 0 Å². The van der Waals surface area contributed by atoms with Gasteiger partial charge in [0.1, 0.15) is 15.5 Å². The molecule has 37 heavy (non-hydrogen) atoms. The predicted octanol–water partition coefficient (Wildman–Crippen LogP) is 6.50. The molecule has 0 saturated carbocycles. The Bertz CT molecular complexity index is 1590. The number of aliphatic hydroxyl groups is 1. The molecule has 0 aliphatic heterocycles. The first-order valence-corrected chi connectivity index (χ1v) is 13.2. The van der Waals surface area contributed by atoms with Crippen LogP contribution in [-0.4, -0.2) is 43.6 Å². The Balaban J connectivity index is 1.48. The average molecular weight is 517 g/mol. The number of aliphatic hydroxyl groups excluding tert-OH is 1. The topological polar surface area (TPSA) is 126 Å². The summed E-state index contributed by atoms with van der Waals surface area (Å²) in [4.78, 5) is 32.0. The Morgan fingerprint density at radius 1 is 0.838 bits per heavy atom. The van der Waals surface area contributed by atoms with Crippen molar-refractivity contribution in [2.45, 2.75) is 38.5 Å². The lowest BCUT2D eigenvalue weighted by molar-refractivity contribution is 0.0702. The van der Waals surface area contributed by atoms with Crippen LogP contribution in [0.4, 0.5) is 0 Å². The number of benzene rings is 2. The number of aryl methyl sites for hydroxylation is 1. The van der Waals surface area contributed by atoms with Crippen LogP contribution in [0.25, 0.3) is 32.9 Å². The lowest BCUT2D eigenvalue weighted by atomic mass is 10.00. The van der Waals surface area contributed by atoms with Crippen LogP contribution in [0.3, 0.4) is 0 Å². The number of aromatic carboxylic acids is 1. The Kier molecular flexibility index (Phi) is 7.12. The first-order chi connectivity index (χ1) is 18.0. The zero-order valence-electron chi connectivity index (χ0n) is 20.2. The van der Waals surface area contributed by atoms with E-state index in [1.54, 1.807) is 12.4 Å². The van der Waals surface area contributed by atoms with Crippen molar-refractivity contribution < 1.29 is 24.9 Å². The standard InChI is InChI=1S/C29H28N2O5S/c32-14-7-3-1-2-4-9-17-10-8-12-19-21(16-31-24(17)19)25(33)28-26(34)23(27(37-28)29(35)36)20-15-30-22-13-6-5-11-18(20)22/h5-6,8,10-13,15-16,30-32,34H,1-4,7,9,14H2,(H,35,36). The summed E-state index contributed by atoms with van der Waals surface area (Å²) in [7, 11) is 0. The van der Waals surface area contributed by atoms with E-state index in [0.717, 1.165) is 77.2 Å². The largest absolute Gasteiger partial charge is 0.506 e. The molecular formula is C29H28N2O5S. The summed E-state index contributed by atoms with van der Waals surface area (Å²) in [5.41, 5.74) is 3.90. The van der Waals surface area contributed by atoms with Crippen molar-refractivity contribution in [2.24, 2.45) is 0 Å². The second-order valence-corrected chi connectivity index (χ2v) is 10.2. The van der Waals surface area contributed by atoms with Crippen molar-refractivity contribution in [3.8, 4) is 16.9 Å². The number of nitrogens with one attached hydrogen (secondary N) is 2. The number of aromatic nitrogens is 2. The van der Waals surface area contributed by atoms with Crippen molar-refractivity contribution in [2.75, 3.05) is 6.61 Å². The van der Waals surface area contributed by atoms with Crippen LogP contribution in [0.2, 0.25) is 0 Å². The minimum absolute atomic E-state index is 0.00728. The van der Waals surface area contributed by atoms with Crippen LogP contribution >= 0.6 is 11.3 Å². The number of fused-ring (bicyclic) bond motifs is 2. The second-order valence-electron chi connectivity index (χ2n) is 9.15. The van der Waals surface area contributed by atoms with E-state index in [0.29, 0.717) is 11.1 Å². The molecule has 0 unspecified atom stereocenters. The zero-order chi connectivity index (χ0) is 25.9. The molecule has 2 aromatic carbocycles. The number of carbonyl (C=O) groups is 2. The van der Waals surface area contributed by atoms with Gasteiger partial charge in [-0.1, -0.05) is 55.7 Å². The number of thiophene rings is 1. The summed E-state index contributed by atoms with van der Waals surface area (Å²) in [6, 6.07) is 13.3. The molecule has 5 rings (SSSR count). The van der Waals surface area contributed by atoms with Crippen LogP contribution in [0.15, 0.2) is 54.9 Å². The van der Waals surface area contributed by atoms with E-state index in [-0.39, 0.29) is 27.7 Å². The summed E-state index contributed by atoms with van der Waals surface area (Å²) < 4.78 is 0. The molecule has 0 amide bonds. The van der Waals surface area contributed by atoms with E-state index in [9.17, 15) is 19.8 Å². The Labute approximate surface area is 217 Å². The molecule has 3 heterocycles. The first kappa shape index (κ1) is 24.8. The Hall–Kier alpha value is -3.88. The molecule has 0 fully saturated rings. The number of para-hydroxylation sites is 2. The Morgan fingerprint density at radius 3 is 2.41 bits per heavy atom. The number of carbonyl (C=O) groups excluding carboxylic acids is 1.